The summed E-state index contributed by atoms with van der Waals surface area (Å²) in [7, 11) is -3.69. The number of rotatable bonds is 12. The lowest BCUT2D eigenvalue weighted by Crippen LogP contribution is -2.32. The van der Waals surface area contributed by atoms with Gasteiger partial charge in [0, 0.05) is 17.8 Å². The van der Waals surface area contributed by atoms with Crippen LogP contribution in [0.5, 0.6) is 5.75 Å². The van der Waals surface area contributed by atoms with Crippen molar-refractivity contribution in [1.82, 2.24) is 5.23 Å². The quantitative estimate of drug-likeness (QED) is 0.220. The predicted molar refractivity (Wildman–Crippen MR) is 107 cm³/mol. The highest BCUT2D eigenvalue weighted by atomic mass is 31.2. The molecule has 1 aromatic rings. The van der Waals surface area contributed by atoms with Gasteiger partial charge in [-0.25, -0.2) is 0 Å². The van der Waals surface area contributed by atoms with Crippen LogP contribution >= 0.6 is 7.60 Å². The molecule has 0 aliphatic heterocycles. The second-order valence-corrected chi connectivity index (χ2v) is 7.91. The smallest absolute Gasteiger partial charge is 0.374 e. The van der Waals surface area contributed by atoms with Gasteiger partial charge in [-0.1, -0.05) is 12.2 Å². The number of ether oxygens (including phenoxy) is 1. The molecule has 0 aliphatic carbocycles. The van der Waals surface area contributed by atoms with Crippen molar-refractivity contribution in [2.45, 2.75) is 33.6 Å². The first-order valence-corrected chi connectivity index (χ1v) is 10.5. The van der Waals surface area contributed by atoms with E-state index in [-0.39, 0.29) is 12.2 Å². The zero-order valence-corrected chi connectivity index (χ0v) is 16.9. The SMILES string of the molecule is CCOP(=O)(C/C=C/COc1cc(N)cc([C@H](C)NB(C)O)c1)OCC. The molecule has 0 amide bonds. The van der Waals surface area contributed by atoms with Crippen molar-refractivity contribution in [3.8, 4) is 5.75 Å². The Morgan fingerprint density at radius 1 is 1.27 bits per heavy atom. The highest BCUT2D eigenvalue weighted by Gasteiger charge is 2.21. The first kappa shape index (κ1) is 22.7. The summed E-state index contributed by atoms with van der Waals surface area (Å²) in [5.74, 6) is 0.627. The van der Waals surface area contributed by atoms with Gasteiger partial charge in [0.25, 0.3) is 0 Å². The maximum Gasteiger partial charge on any atom is 0.374 e. The maximum atomic E-state index is 12.3. The Morgan fingerprint density at radius 3 is 2.50 bits per heavy atom. The molecule has 0 aromatic heterocycles. The summed E-state index contributed by atoms with van der Waals surface area (Å²) < 4.78 is 28.5. The van der Waals surface area contributed by atoms with Gasteiger partial charge in [-0.2, -0.15) is 0 Å². The highest BCUT2D eigenvalue weighted by Crippen LogP contribution is 2.47. The van der Waals surface area contributed by atoms with Crippen LogP contribution in [0, 0.1) is 0 Å². The van der Waals surface area contributed by atoms with E-state index in [1.165, 1.54) is 0 Å². The molecule has 0 radical (unpaired) electrons. The zero-order valence-electron chi connectivity index (χ0n) is 16.0. The van der Waals surface area contributed by atoms with Gasteiger partial charge in [-0.3, -0.25) is 4.57 Å². The molecule has 0 saturated heterocycles. The van der Waals surface area contributed by atoms with E-state index >= 15 is 0 Å². The van der Waals surface area contributed by atoms with Crippen molar-refractivity contribution in [2.24, 2.45) is 0 Å². The van der Waals surface area contributed by atoms with Crippen LogP contribution in [0.15, 0.2) is 30.4 Å². The molecule has 26 heavy (non-hydrogen) atoms. The third kappa shape index (κ3) is 8.38. The second kappa shape index (κ2) is 11.4. The van der Waals surface area contributed by atoms with E-state index in [0.717, 1.165) is 5.56 Å². The Kier molecular flexibility index (Phi) is 9.98. The van der Waals surface area contributed by atoms with E-state index in [2.05, 4.69) is 5.23 Å². The van der Waals surface area contributed by atoms with Gasteiger partial charge in [-0.15, -0.1) is 0 Å². The Hall–Kier alpha value is -1.31. The van der Waals surface area contributed by atoms with Crippen LogP contribution in [-0.2, 0) is 13.6 Å². The van der Waals surface area contributed by atoms with Crippen molar-refractivity contribution in [2.75, 3.05) is 31.7 Å². The zero-order chi connectivity index (χ0) is 19.6. The molecule has 7 nitrogen and oxygen atoms in total. The summed E-state index contributed by atoms with van der Waals surface area (Å²) >= 11 is 0. The monoisotopic (exact) mass is 384 g/mol. The third-order valence-electron chi connectivity index (χ3n) is 3.44. The van der Waals surface area contributed by atoms with E-state index in [1.807, 2.05) is 19.1 Å². The van der Waals surface area contributed by atoms with Crippen LogP contribution in [0.1, 0.15) is 32.4 Å². The van der Waals surface area contributed by atoms with Gasteiger partial charge in [-0.05, 0) is 45.3 Å². The van der Waals surface area contributed by atoms with Gasteiger partial charge in [0.05, 0.1) is 19.4 Å². The maximum absolute atomic E-state index is 12.3. The van der Waals surface area contributed by atoms with Crippen LogP contribution in [0.25, 0.3) is 0 Å². The van der Waals surface area contributed by atoms with E-state index in [1.54, 1.807) is 38.9 Å². The number of nitrogen functional groups attached to an aromatic ring is 1. The first-order chi connectivity index (χ1) is 12.3. The summed E-state index contributed by atoms with van der Waals surface area (Å²) in [4.78, 5) is 0. The Labute approximate surface area is 156 Å². The van der Waals surface area contributed by atoms with Gasteiger partial charge >= 0.3 is 14.6 Å². The minimum Gasteiger partial charge on any atom is -0.489 e. The molecule has 0 spiro atoms. The average Bonchev–Trinajstić information content (AvgIpc) is 2.54. The van der Waals surface area contributed by atoms with E-state index in [0.29, 0.717) is 31.3 Å². The van der Waals surface area contributed by atoms with Gasteiger partial charge in [0.1, 0.15) is 12.4 Å². The Morgan fingerprint density at radius 2 is 1.92 bits per heavy atom. The molecule has 1 aromatic carbocycles. The van der Waals surface area contributed by atoms with Crippen molar-refractivity contribution in [3.05, 3.63) is 35.9 Å². The molecule has 0 unspecified atom stereocenters. The van der Waals surface area contributed by atoms with E-state index in [9.17, 15) is 9.59 Å². The van der Waals surface area contributed by atoms with Crippen LogP contribution < -0.4 is 15.7 Å². The summed E-state index contributed by atoms with van der Waals surface area (Å²) in [5, 5.41) is 12.4. The van der Waals surface area contributed by atoms with Crippen LogP contribution in [-0.4, -0.2) is 38.1 Å². The lowest BCUT2D eigenvalue weighted by atomic mass is 9.86. The molecule has 4 N–H and O–H groups in total. The molecular weight excluding hydrogens is 354 g/mol. The summed E-state index contributed by atoms with van der Waals surface area (Å²) in [6.45, 7) is 8.14. The molecule has 0 bridgehead atoms. The average molecular weight is 384 g/mol. The predicted octanol–water partition coefficient (Wildman–Crippen LogP) is 3.23. The fourth-order valence-electron chi connectivity index (χ4n) is 2.39. The van der Waals surface area contributed by atoms with Crippen LogP contribution in [0.3, 0.4) is 0 Å². The number of nitrogens with one attached hydrogen (secondary N) is 1. The Bertz CT molecular complexity index is 617. The molecule has 9 heteroatoms. The standard InChI is InChI=1S/C17H30BN2O5P/c1-5-24-26(22,25-6-2)10-8-7-9-23-17-12-15(11-16(19)13-17)14(3)20-18(4)21/h7-8,11-14,20-21H,5-6,9-10,19H2,1-4H3/b8-7+/t14-/m0/s1. The number of hydrogen-bond donors (Lipinski definition) is 3. The van der Waals surface area contributed by atoms with Gasteiger partial charge < -0.3 is 29.8 Å². The highest BCUT2D eigenvalue weighted by molar-refractivity contribution is 7.54. The normalized spacial score (nSPS) is 13.1. The lowest BCUT2D eigenvalue weighted by molar-refractivity contribution is 0.222. The van der Waals surface area contributed by atoms with Gasteiger partial charge in [0.2, 0.25) is 0 Å². The van der Waals surface area contributed by atoms with E-state index in [4.69, 9.17) is 19.5 Å². The lowest BCUT2D eigenvalue weighted by Gasteiger charge is -2.17. The molecule has 0 fully saturated rings. The van der Waals surface area contributed by atoms with Crippen molar-refractivity contribution >= 4 is 20.3 Å². The van der Waals surface area contributed by atoms with E-state index < -0.39 is 14.6 Å². The largest absolute Gasteiger partial charge is 0.489 e. The minimum atomic E-state index is -3.07. The number of anilines is 1. The molecule has 1 atom stereocenters. The molecule has 0 heterocycles. The number of nitrogens with two attached hydrogens (primary N) is 1. The molecule has 0 aliphatic rings. The number of hydrogen-bond acceptors (Lipinski definition) is 7. The molecular formula is C17H30BN2O5P. The summed E-state index contributed by atoms with van der Waals surface area (Å²) in [6, 6.07) is 5.37. The third-order valence-corrected chi connectivity index (χ3v) is 5.40. The molecule has 0 saturated carbocycles. The molecule has 146 valence electrons. The second-order valence-electron chi connectivity index (χ2n) is 5.81. The van der Waals surface area contributed by atoms with Crippen LogP contribution in [0.2, 0.25) is 6.82 Å². The fourth-order valence-corrected chi connectivity index (χ4v) is 3.87. The van der Waals surface area contributed by atoms with Crippen molar-refractivity contribution in [3.63, 3.8) is 0 Å². The number of benzene rings is 1. The van der Waals surface area contributed by atoms with Crippen molar-refractivity contribution < 1.29 is 23.4 Å². The number of allylic oxidation sites excluding steroid dienone is 1. The minimum absolute atomic E-state index is 0.0698. The topological polar surface area (TPSA) is 103 Å². The van der Waals surface area contributed by atoms with Crippen LogP contribution in [0.4, 0.5) is 5.69 Å². The fraction of sp³-hybridized carbons (Fsp3) is 0.529. The summed E-state index contributed by atoms with van der Waals surface area (Å²) in [5.41, 5.74) is 7.42. The molecule has 1 rings (SSSR count). The van der Waals surface area contributed by atoms with Crippen molar-refractivity contribution in [1.29, 1.82) is 0 Å². The summed E-state index contributed by atoms with van der Waals surface area (Å²) in [6.07, 6.45) is 3.71. The Balaban J connectivity index is 2.62. The first-order valence-electron chi connectivity index (χ1n) is 8.80. The van der Waals surface area contributed by atoms with Gasteiger partial charge in [0.15, 0.2) is 0 Å².